The monoisotopic (exact) mass is 418 g/mol. The van der Waals surface area contributed by atoms with Crippen LogP contribution in [0.25, 0.3) is 5.13 Å². The maximum Gasteiger partial charge on any atom is 0.409 e. The fraction of sp³-hybridized carbons (Fsp3) is 0.579. The van der Waals surface area contributed by atoms with E-state index < -0.39 is 0 Å². The van der Waals surface area contributed by atoms with E-state index in [1.165, 1.54) is 11.3 Å². The van der Waals surface area contributed by atoms with Crippen LogP contribution in [0.3, 0.4) is 0 Å². The van der Waals surface area contributed by atoms with Crippen molar-refractivity contribution in [2.45, 2.75) is 19.8 Å². The first-order valence-electron chi connectivity index (χ1n) is 10.1. The van der Waals surface area contributed by atoms with Gasteiger partial charge in [0.25, 0.3) is 0 Å². The molecule has 29 heavy (non-hydrogen) atoms. The van der Waals surface area contributed by atoms with Gasteiger partial charge in [-0.25, -0.2) is 4.79 Å². The number of carbonyl (C=O) groups excluding carboxylic acids is 2. The van der Waals surface area contributed by atoms with Crippen LogP contribution in [-0.4, -0.2) is 82.4 Å². The van der Waals surface area contributed by atoms with Crippen LogP contribution in [0.15, 0.2) is 24.5 Å². The first kappa shape index (κ1) is 19.7. The van der Waals surface area contributed by atoms with E-state index in [0.717, 1.165) is 29.6 Å². The highest BCUT2D eigenvalue weighted by molar-refractivity contribution is 7.17. The number of hydrogen-bond donors (Lipinski definition) is 0. The van der Waals surface area contributed by atoms with Crippen LogP contribution in [0.5, 0.6) is 0 Å². The second-order valence-corrected chi connectivity index (χ2v) is 8.19. The second-order valence-electron chi connectivity index (χ2n) is 7.25. The molecule has 0 N–H and O–H groups in total. The molecule has 0 aliphatic carbocycles. The minimum absolute atomic E-state index is 0.0446. The molecule has 10 heteroatoms. The summed E-state index contributed by atoms with van der Waals surface area (Å²) in [5, 5.41) is 10.3. The highest BCUT2D eigenvalue weighted by Crippen LogP contribution is 2.28. The third kappa shape index (κ3) is 4.36. The molecule has 0 saturated carbocycles. The Morgan fingerprint density at radius 1 is 1.07 bits per heavy atom. The van der Waals surface area contributed by atoms with E-state index in [4.69, 9.17) is 4.74 Å². The molecule has 2 aliphatic rings. The highest BCUT2D eigenvalue weighted by atomic mass is 32.1. The summed E-state index contributed by atoms with van der Waals surface area (Å²) in [6.45, 7) is 5.89. The number of nitrogens with zero attached hydrogens (tertiary/aromatic N) is 6. The molecule has 4 rings (SSSR count). The topological polar surface area (TPSA) is 83.8 Å². The maximum absolute atomic E-state index is 13.1. The molecule has 2 fully saturated rings. The Labute approximate surface area is 173 Å². The molecule has 0 aromatic carbocycles. The third-order valence-corrected chi connectivity index (χ3v) is 6.38. The molecule has 156 valence electrons. The van der Waals surface area contributed by atoms with E-state index in [9.17, 15) is 9.59 Å². The zero-order valence-corrected chi connectivity index (χ0v) is 17.4. The van der Waals surface area contributed by atoms with Gasteiger partial charge in [-0.1, -0.05) is 11.3 Å². The molecular weight excluding hydrogens is 392 g/mol. The normalized spacial score (nSPS) is 20.0. The van der Waals surface area contributed by atoms with Crippen LogP contribution >= 0.6 is 11.3 Å². The van der Waals surface area contributed by atoms with E-state index in [1.807, 2.05) is 34.0 Å². The molecule has 1 atom stereocenters. The van der Waals surface area contributed by atoms with Gasteiger partial charge in [-0.2, -0.15) is 0 Å². The Hall–Kier alpha value is -2.62. The lowest BCUT2D eigenvalue weighted by Gasteiger charge is -2.38. The number of piperidine rings is 1. The quantitative estimate of drug-likeness (QED) is 0.754. The molecule has 0 radical (unpaired) electrons. The van der Waals surface area contributed by atoms with Crippen molar-refractivity contribution in [2.24, 2.45) is 5.92 Å². The van der Waals surface area contributed by atoms with E-state index >= 15 is 0 Å². The average Bonchev–Trinajstić information content (AvgIpc) is 3.45. The van der Waals surface area contributed by atoms with Gasteiger partial charge in [0.15, 0.2) is 0 Å². The number of hydrogen-bond acceptors (Lipinski definition) is 7. The molecule has 0 bridgehead atoms. The summed E-state index contributed by atoms with van der Waals surface area (Å²) >= 11 is 1.54. The summed E-state index contributed by atoms with van der Waals surface area (Å²) in [5.41, 5.74) is 0. The summed E-state index contributed by atoms with van der Waals surface area (Å²) in [7, 11) is 0. The lowest BCUT2D eigenvalue weighted by atomic mass is 9.96. The largest absolute Gasteiger partial charge is 0.450 e. The predicted octanol–water partition coefficient (Wildman–Crippen LogP) is 1.85. The maximum atomic E-state index is 13.1. The first-order chi connectivity index (χ1) is 14.2. The van der Waals surface area contributed by atoms with Gasteiger partial charge in [-0.05, 0) is 31.9 Å². The molecule has 9 nitrogen and oxygen atoms in total. The summed E-state index contributed by atoms with van der Waals surface area (Å²) in [6.07, 6.45) is 5.44. The summed E-state index contributed by atoms with van der Waals surface area (Å²) in [4.78, 5) is 30.6. The number of carbonyl (C=O) groups is 2. The molecule has 2 amide bonds. The lowest BCUT2D eigenvalue weighted by molar-refractivity contribution is -0.137. The van der Waals surface area contributed by atoms with E-state index in [2.05, 4.69) is 15.1 Å². The van der Waals surface area contributed by atoms with Gasteiger partial charge in [0, 0.05) is 51.7 Å². The van der Waals surface area contributed by atoms with Crippen LogP contribution in [0.2, 0.25) is 0 Å². The highest BCUT2D eigenvalue weighted by Gasteiger charge is 2.33. The molecular formula is C19H26N6O3S. The summed E-state index contributed by atoms with van der Waals surface area (Å²) < 4.78 is 6.99. The molecule has 2 saturated heterocycles. The number of piperazine rings is 1. The Bertz CT molecular complexity index is 831. The minimum Gasteiger partial charge on any atom is -0.450 e. The van der Waals surface area contributed by atoms with Gasteiger partial charge in [-0.3, -0.25) is 9.36 Å². The number of aromatic nitrogens is 3. The van der Waals surface area contributed by atoms with Gasteiger partial charge in [0.1, 0.15) is 0 Å². The second kappa shape index (κ2) is 8.81. The zero-order valence-electron chi connectivity index (χ0n) is 16.6. The zero-order chi connectivity index (χ0) is 20.2. The van der Waals surface area contributed by atoms with Gasteiger partial charge < -0.3 is 19.4 Å². The lowest BCUT2D eigenvalue weighted by Crippen LogP contribution is -2.53. The van der Waals surface area contributed by atoms with Crippen LogP contribution in [0.1, 0.15) is 19.8 Å². The van der Waals surface area contributed by atoms with Crippen molar-refractivity contribution in [1.82, 2.24) is 24.6 Å². The standard InChI is InChI=1S/C19H26N6O3S/c1-2-28-19(27)24-12-10-22(11-13-24)16(26)15-6-5-9-25(14-15)18-21-20-17(29-18)23-7-3-4-8-23/h3-4,7-8,15H,2,5-6,9-14H2,1H3/t15-/m0/s1. The van der Waals surface area contributed by atoms with Gasteiger partial charge in [0.05, 0.1) is 12.5 Å². The molecule has 2 aliphatic heterocycles. The Morgan fingerprint density at radius 2 is 1.76 bits per heavy atom. The van der Waals surface area contributed by atoms with Crippen molar-refractivity contribution < 1.29 is 14.3 Å². The Morgan fingerprint density at radius 3 is 2.48 bits per heavy atom. The van der Waals surface area contributed by atoms with E-state index in [-0.39, 0.29) is 17.9 Å². The molecule has 2 aromatic heterocycles. The van der Waals surface area contributed by atoms with E-state index in [1.54, 1.807) is 11.8 Å². The SMILES string of the molecule is CCOC(=O)N1CCN(C(=O)[C@H]2CCCN(c3nnc(-n4cccc4)s3)C2)CC1. The van der Waals surface area contributed by atoms with Gasteiger partial charge >= 0.3 is 6.09 Å². The molecule has 0 unspecified atom stereocenters. The van der Waals surface area contributed by atoms with Crippen LogP contribution in [-0.2, 0) is 9.53 Å². The number of amides is 2. The summed E-state index contributed by atoms with van der Waals surface area (Å²) in [6, 6.07) is 3.91. The molecule has 0 spiro atoms. The Balaban J connectivity index is 1.34. The van der Waals surface area contributed by atoms with Crippen LogP contribution in [0, 0.1) is 5.92 Å². The molecule has 2 aromatic rings. The van der Waals surface area contributed by atoms with Crippen molar-refractivity contribution in [3.8, 4) is 5.13 Å². The van der Waals surface area contributed by atoms with Crippen molar-refractivity contribution in [2.75, 3.05) is 50.8 Å². The Kier molecular flexibility index (Phi) is 5.98. The number of rotatable bonds is 4. The van der Waals surface area contributed by atoms with Crippen LogP contribution < -0.4 is 4.90 Å². The smallest absolute Gasteiger partial charge is 0.409 e. The van der Waals surface area contributed by atoms with E-state index in [0.29, 0.717) is 39.3 Å². The third-order valence-electron chi connectivity index (χ3n) is 5.39. The van der Waals surface area contributed by atoms with Crippen molar-refractivity contribution in [3.05, 3.63) is 24.5 Å². The predicted molar refractivity (Wildman–Crippen MR) is 109 cm³/mol. The van der Waals surface area contributed by atoms with Crippen molar-refractivity contribution >= 4 is 28.5 Å². The van der Waals surface area contributed by atoms with Crippen LogP contribution in [0.4, 0.5) is 9.93 Å². The van der Waals surface area contributed by atoms with Crippen molar-refractivity contribution in [3.63, 3.8) is 0 Å². The summed E-state index contributed by atoms with van der Waals surface area (Å²) in [5.74, 6) is 0.130. The minimum atomic E-state index is -0.293. The average molecular weight is 419 g/mol. The number of ether oxygens (including phenoxy) is 1. The van der Waals surface area contributed by atoms with Gasteiger partial charge in [0.2, 0.25) is 16.2 Å². The number of anilines is 1. The van der Waals surface area contributed by atoms with Gasteiger partial charge in [-0.15, -0.1) is 10.2 Å². The van der Waals surface area contributed by atoms with Crippen molar-refractivity contribution in [1.29, 1.82) is 0 Å². The fourth-order valence-electron chi connectivity index (χ4n) is 3.84. The first-order valence-corrected chi connectivity index (χ1v) is 10.9. The molecule has 4 heterocycles. The fourth-order valence-corrected chi connectivity index (χ4v) is 4.69.